The fourth-order valence-electron chi connectivity index (χ4n) is 0.730. The third-order valence-corrected chi connectivity index (χ3v) is 1.10. The second-order valence-electron chi connectivity index (χ2n) is 2.54. The third kappa shape index (κ3) is 5.42. The Morgan fingerprint density at radius 3 is 2.55 bits per heavy atom. The number of nitrogens with one attached hydrogen (secondary N) is 1. The van der Waals surface area contributed by atoms with Crippen LogP contribution in [-0.4, -0.2) is 23.8 Å². The molecule has 1 atom stereocenters. The van der Waals surface area contributed by atoms with E-state index in [9.17, 15) is 4.79 Å². The van der Waals surface area contributed by atoms with Crippen LogP contribution in [0.25, 0.3) is 0 Å². The van der Waals surface area contributed by atoms with Crippen molar-refractivity contribution in [1.29, 1.82) is 0 Å². The van der Waals surface area contributed by atoms with Crippen molar-refractivity contribution in [3.63, 3.8) is 0 Å². The van der Waals surface area contributed by atoms with Crippen LogP contribution < -0.4 is 11.1 Å². The maximum Gasteiger partial charge on any atom is 0.405 e. The maximum absolute atomic E-state index is 10.2. The number of hydrogen-bond donors (Lipinski definition) is 3. The Kier molecular flexibility index (Phi) is 4.29. The molecular formula is C7H14N2O2. The molecule has 64 valence electrons. The molecule has 1 amide bonds. The highest BCUT2D eigenvalue weighted by Crippen LogP contribution is 1.92. The monoisotopic (exact) mass is 158 g/mol. The van der Waals surface area contributed by atoms with Crippen molar-refractivity contribution in [3.05, 3.63) is 11.6 Å². The van der Waals surface area contributed by atoms with E-state index in [4.69, 9.17) is 10.8 Å². The van der Waals surface area contributed by atoms with E-state index in [1.807, 2.05) is 13.8 Å². The van der Waals surface area contributed by atoms with E-state index in [0.29, 0.717) is 0 Å². The first-order chi connectivity index (χ1) is 5.06. The predicted molar refractivity (Wildman–Crippen MR) is 43.4 cm³/mol. The number of carboxylic acid groups (broad SMARTS) is 1. The summed E-state index contributed by atoms with van der Waals surface area (Å²) in [5, 5.41) is 10.6. The van der Waals surface area contributed by atoms with E-state index in [-0.39, 0.29) is 12.6 Å². The molecule has 0 saturated heterocycles. The van der Waals surface area contributed by atoms with Crippen LogP contribution in [0.2, 0.25) is 0 Å². The molecule has 0 heterocycles. The zero-order valence-corrected chi connectivity index (χ0v) is 6.79. The van der Waals surface area contributed by atoms with Gasteiger partial charge < -0.3 is 16.2 Å². The van der Waals surface area contributed by atoms with Crippen LogP contribution in [0.5, 0.6) is 0 Å². The largest absolute Gasteiger partial charge is 0.465 e. The van der Waals surface area contributed by atoms with Gasteiger partial charge >= 0.3 is 6.09 Å². The molecule has 0 radical (unpaired) electrons. The van der Waals surface area contributed by atoms with E-state index in [1.54, 1.807) is 6.08 Å². The molecule has 0 fully saturated rings. The molecule has 0 spiro atoms. The fourth-order valence-corrected chi connectivity index (χ4v) is 0.730. The average molecular weight is 158 g/mol. The molecular weight excluding hydrogens is 144 g/mol. The Labute approximate surface area is 66.1 Å². The second-order valence-corrected chi connectivity index (χ2v) is 2.54. The number of amides is 1. The highest BCUT2D eigenvalue weighted by Gasteiger charge is 2.04. The molecule has 0 aliphatic carbocycles. The van der Waals surface area contributed by atoms with Gasteiger partial charge in [0.25, 0.3) is 0 Å². The summed E-state index contributed by atoms with van der Waals surface area (Å²) >= 11 is 0. The van der Waals surface area contributed by atoms with Crippen molar-refractivity contribution in [2.75, 3.05) is 6.54 Å². The van der Waals surface area contributed by atoms with Crippen LogP contribution >= 0.6 is 0 Å². The molecule has 4 heteroatoms. The third-order valence-electron chi connectivity index (χ3n) is 1.10. The number of nitrogens with two attached hydrogens (primary N) is 1. The van der Waals surface area contributed by atoms with Crippen molar-refractivity contribution >= 4 is 6.09 Å². The minimum Gasteiger partial charge on any atom is -0.465 e. The quantitative estimate of drug-likeness (QED) is 0.525. The molecule has 0 saturated carbocycles. The SMILES string of the molecule is CC(C)=CC(CN)NC(=O)O. The van der Waals surface area contributed by atoms with E-state index in [2.05, 4.69) is 5.32 Å². The lowest BCUT2D eigenvalue weighted by Crippen LogP contribution is -2.37. The Morgan fingerprint density at radius 1 is 1.73 bits per heavy atom. The maximum atomic E-state index is 10.2. The van der Waals surface area contributed by atoms with Gasteiger partial charge in [0.2, 0.25) is 0 Å². The van der Waals surface area contributed by atoms with Gasteiger partial charge in [0.05, 0.1) is 6.04 Å². The van der Waals surface area contributed by atoms with Gasteiger partial charge in [-0.3, -0.25) is 0 Å². The summed E-state index contributed by atoms with van der Waals surface area (Å²) in [6.45, 7) is 4.08. The van der Waals surface area contributed by atoms with Gasteiger partial charge in [0.15, 0.2) is 0 Å². The Bertz CT molecular complexity index is 162. The topological polar surface area (TPSA) is 75.3 Å². The number of hydrogen-bond acceptors (Lipinski definition) is 2. The van der Waals surface area contributed by atoms with Crippen LogP contribution in [0.4, 0.5) is 4.79 Å². The van der Waals surface area contributed by atoms with Gasteiger partial charge in [0.1, 0.15) is 0 Å². The van der Waals surface area contributed by atoms with Crippen molar-refractivity contribution in [2.24, 2.45) is 5.73 Å². The van der Waals surface area contributed by atoms with Crippen molar-refractivity contribution in [3.8, 4) is 0 Å². The highest BCUT2D eigenvalue weighted by molar-refractivity contribution is 5.65. The van der Waals surface area contributed by atoms with Gasteiger partial charge in [-0.05, 0) is 13.8 Å². The summed E-state index contributed by atoms with van der Waals surface area (Å²) in [4.78, 5) is 10.2. The van der Waals surface area contributed by atoms with Crippen LogP contribution in [0, 0.1) is 0 Å². The predicted octanol–water partition coefficient (Wildman–Crippen LogP) is 0.548. The molecule has 0 bridgehead atoms. The van der Waals surface area contributed by atoms with Crippen LogP contribution in [0.1, 0.15) is 13.8 Å². The molecule has 11 heavy (non-hydrogen) atoms. The average Bonchev–Trinajstić information content (AvgIpc) is 1.84. The Hall–Kier alpha value is -1.03. The zero-order valence-electron chi connectivity index (χ0n) is 6.79. The minimum absolute atomic E-state index is 0.266. The molecule has 4 nitrogen and oxygen atoms in total. The molecule has 0 rings (SSSR count). The summed E-state index contributed by atoms with van der Waals surface area (Å²) in [6, 6.07) is -0.266. The van der Waals surface area contributed by atoms with Gasteiger partial charge in [-0.1, -0.05) is 11.6 Å². The number of carbonyl (C=O) groups is 1. The normalized spacial score (nSPS) is 11.9. The summed E-state index contributed by atoms with van der Waals surface area (Å²) in [5.74, 6) is 0. The first-order valence-corrected chi connectivity index (χ1v) is 3.40. The summed E-state index contributed by atoms with van der Waals surface area (Å²) in [5.41, 5.74) is 6.35. The lowest BCUT2D eigenvalue weighted by atomic mass is 10.2. The summed E-state index contributed by atoms with van der Waals surface area (Å²) < 4.78 is 0. The van der Waals surface area contributed by atoms with E-state index >= 15 is 0 Å². The van der Waals surface area contributed by atoms with Gasteiger partial charge in [-0.25, -0.2) is 4.79 Å². The van der Waals surface area contributed by atoms with Crippen LogP contribution in [0.3, 0.4) is 0 Å². The first-order valence-electron chi connectivity index (χ1n) is 3.40. The first kappa shape index (κ1) is 9.97. The molecule has 0 aromatic carbocycles. The molecule has 0 aliphatic rings. The molecule has 0 aromatic heterocycles. The summed E-state index contributed by atoms with van der Waals surface area (Å²) in [6.07, 6.45) is 0.742. The Balaban J connectivity index is 3.96. The van der Waals surface area contributed by atoms with E-state index in [0.717, 1.165) is 5.57 Å². The molecule has 4 N–H and O–H groups in total. The second kappa shape index (κ2) is 4.73. The molecule has 1 unspecified atom stereocenters. The summed E-state index contributed by atoms with van der Waals surface area (Å²) in [7, 11) is 0. The van der Waals surface area contributed by atoms with Crippen molar-refractivity contribution < 1.29 is 9.90 Å². The highest BCUT2D eigenvalue weighted by atomic mass is 16.4. The molecule has 0 aliphatic heterocycles. The van der Waals surface area contributed by atoms with Crippen LogP contribution in [0.15, 0.2) is 11.6 Å². The van der Waals surface area contributed by atoms with Gasteiger partial charge in [0, 0.05) is 6.54 Å². The van der Waals surface area contributed by atoms with Crippen molar-refractivity contribution in [1.82, 2.24) is 5.32 Å². The van der Waals surface area contributed by atoms with Crippen molar-refractivity contribution in [2.45, 2.75) is 19.9 Å². The minimum atomic E-state index is -1.04. The van der Waals surface area contributed by atoms with E-state index in [1.165, 1.54) is 0 Å². The number of rotatable bonds is 3. The zero-order chi connectivity index (χ0) is 8.85. The fraction of sp³-hybridized carbons (Fsp3) is 0.571. The lowest BCUT2D eigenvalue weighted by Gasteiger charge is -2.09. The standard InChI is InChI=1S/C7H14N2O2/c1-5(2)3-6(4-8)9-7(10)11/h3,6,9H,4,8H2,1-2H3,(H,10,11). The Morgan fingerprint density at radius 2 is 2.27 bits per heavy atom. The lowest BCUT2D eigenvalue weighted by molar-refractivity contribution is 0.192. The van der Waals surface area contributed by atoms with Crippen LogP contribution in [-0.2, 0) is 0 Å². The van der Waals surface area contributed by atoms with E-state index < -0.39 is 6.09 Å². The van der Waals surface area contributed by atoms with Gasteiger partial charge in [-0.2, -0.15) is 0 Å². The number of allylic oxidation sites excluding steroid dienone is 1. The van der Waals surface area contributed by atoms with Gasteiger partial charge in [-0.15, -0.1) is 0 Å². The smallest absolute Gasteiger partial charge is 0.405 e. The molecule has 0 aromatic rings.